The molecule has 0 bridgehead atoms. The van der Waals surface area contributed by atoms with Gasteiger partial charge in [0.2, 0.25) is 0 Å². The molecule has 3 aromatic rings. The van der Waals surface area contributed by atoms with Gasteiger partial charge in [-0.1, -0.05) is 12.1 Å². The molecule has 0 N–H and O–H groups in total. The summed E-state index contributed by atoms with van der Waals surface area (Å²) < 4.78 is 10.5. The number of likely N-dealkylation sites (N-methyl/N-ethyl adjacent to an activating group) is 1. The molecular weight excluding hydrogens is 258 g/mol. The first-order valence-electron chi connectivity index (χ1n) is 6.11. The molecule has 0 saturated carbocycles. The number of ether oxygens (including phenoxy) is 1. The van der Waals surface area contributed by atoms with Crippen molar-refractivity contribution in [2.24, 2.45) is 0 Å². The molecule has 0 aliphatic heterocycles. The highest BCUT2D eigenvalue weighted by atomic mass is 16.5. The zero-order valence-corrected chi connectivity index (χ0v) is 11.2. The van der Waals surface area contributed by atoms with Crippen molar-refractivity contribution in [1.29, 1.82) is 0 Å². The number of rotatable bonds is 3. The highest BCUT2D eigenvalue weighted by molar-refractivity contribution is 6.05. The number of carbonyl (C=O) groups is 1. The van der Waals surface area contributed by atoms with E-state index >= 15 is 0 Å². The van der Waals surface area contributed by atoms with Gasteiger partial charge < -0.3 is 14.1 Å². The van der Waals surface area contributed by atoms with Gasteiger partial charge in [-0.2, -0.15) is 0 Å². The first kappa shape index (κ1) is 12.4. The average Bonchev–Trinajstić information content (AvgIpc) is 2.85. The Bertz CT molecular complexity index is 782. The van der Waals surface area contributed by atoms with Crippen LogP contribution in [0.1, 0.15) is 0 Å². The maximum atomic E-state index is 11.4. The van der Waals surface area contributed by atoms with Crippen LogP contribution in [0, 0.1) is 0 Å². The van der Waals surface area contributed by atoms with Gasteiger partial charge in [0, 0.05) is 12.4 Å². The van der Waals surface area contributed by atoms with E-state index in [9.17, 15) is 4.79 Å². The molecule has 0 atom stereocenters. The zero-order valence-electron chi connectivity index (χ0n) is 11.2. The Balaban J connectivity index is 2.14. The number of esters is 1. The molecule has 0 aliphatic carbocycles. The second kappa shape index (κ2) is 4.80. The van der Waals surface area contributed by atoms with Crippen LogP contribution < -0.4 is 4.90 Å². The van der Waals surface area contributed by atoms with Crippen LogP contribution in [-0.4, -0.2) is 36.6 Å². The monoisotopic (exact) mass is 271 g/mol. The van der Waals surface area contributed by atoms with Crippen LogP contribution in [0.2, 0.25) is 0 Å². The lowest BCUT2D eigenvalue weighted by molar-refractivity contribution is -0.138. The van der Waals surface area contributed by atoms with Gasteiger partial charge in [0.25, 0.3) is 0 Å². The first-order valence-corrected chi connectivity index (χ1v) is 6.11. The summed E-state index contributed by atoms with van der Waals surface area (Å²) in [6.07, 6.45) is 1.47. The van der Waals surface area contributed by atoms with E-state index in [0.29, 0.717) is 11.4 Å². The minimum atomic E-state index is -0.338. The fraction of sp³-hybridized carbons (Fsp3) is 0.214. The van der Waals surface area contributed by atoms with Crippen molar-refractivity contribution in [2.45, 2.75) is 0 Å². The Morgan fingerprint density at radius 1 is 1.35 bits per heavy atom. The average molecular weight is 271 g/mol. The van der Waals surface area contributed by atoms with Gasteiger partial charge in [-0.05, 0) is 12.1 Å². The third kappa shape index (κ3) is 1.95. The molecule has 1 aromatic carbocycles. The smallest absolute Gasteiger partial charge is 0.325 e. The summed E-state index contributed by atoms with van der Waals surface area (Å²) in [6.45, 7) is 0.0969. The van der Waals surface area contributed by atoms with E-state index in [-0.39, 0.29) is 12.5 Å². The van der Waals surface area contributed by atoms with E-state index in [2.05, 4.69) is 14.7 Å². The van der Waals surface area contributed by atoms with Crippen molar-refractivity contribution in [3.63, 3.8) is 0 Å². The summed E-state index contributed by atoms with van der Waals surface area (Å²) >= 11 is 0. The van der Waals surface area contributed by atoms with E-state index in [4.69, 9.17) is 4.42 Å². The van der Waals surface area contributed by atoms with Crippen LogP contribution >= 0.6 is 0 Å². The Morgan fingerprint density at radius 2 is 2.15 bits per heavy atom. The number of carbonyl (C=O) groups excluding carboxylic acids is 1. The zero-order chi connectivity index (χ0) is 14.1. The van der Waals surface area contributed by atoms with Crippen LogP contribution in [-0.2, 0) is 9.53 Å². The normalized spacial score (nSPS) is 10.9. The molecule has 0 spiro atoms. The number of nitrogens with zero attached hydrogens (tertiary/aromatic N) is 3. The van der Waals surface area contributed by atoms with E-state index in [1.807, 2.05) is 24.3 Å². The third-order valence-corrected chi connectivity index (χ3v) is 3.09. The molecule has 0 saturated heterocycles. The summed E-state index contributed by atoms with van der Waals surface area (Å²) in [5.74, 6) is 0.229. The molecule has 102 valence electrons. The number of para-hydroxylation sites is 1. The van der Waals surface area contributed by atoms with Gasteiger partial charge in [0.05, 0.1) is 7.11 Å². The molecule has 0 unspecified atom stereocenters. The Kier molecular flexibility index (Phi) is 2.98. The van der Waals surface area contributed by atoms with E-state index < -0.39 is 0 Å². The lowest BCUT2D eigenvalue weighted by Gasteiger charge is -2.15. The minimum Gasteiger partial charge on any atom is -0.468 e. The molecule has 0 amide bonds. The van der Waals surface area contributed by atoms with Crippen LogP contribution in [0.5, 0.6) is 0 Å². The molecule has 2 aromatic heterocycles. The van der Waals surface area contributed by atoms with Gasteiger partial charge in [0.15, 0.2) is 11.4 Å². The number of methoxy groups -OCH3 is 1. The van der Waals surface area contributed by atoms with Gasteiger partial charge in [0.1, 0.15) is 24.0 Å². The van der Waals surface area contributed by atoms with Crippen molar-refractivity contribution in [3.05, 3.63) is 30.6 Å². The van der Waals surface area contributed by atoms with Crippen LogP contribution in [0.15, 0.2) is 35.0 Å². The molecule has 3 rings (SSSR count). The highest BCUT2D eigenvalue weighted by Gasteiger charge is 2.17. The van der Waals surface area contributed by atoms with Gasteiger partial charge >= 0.3 is 5.97 Å². The van der Waals surface area contributed by atoms with E-state index in [1.165, 1.54) is 13.4 Å². The van der Waals surface area contributed by atoms with Crippen molar-refractivity contribution < 1.29 is 13.9 Å². The minimum absolute atomic E-state index is 0.0969. The van der Waals surface area contributed by atoms with Crippen LogP contribution in [0.3, 0.4) is 0 Å². The molecule has 0 radical (unpaired) electrons. The second-order valence-corrected chi connectivity index (χ2v) is 4.41. The predicted octanol–water partition coefficient (Wildman–Crippen LogP) is 1.99. The Morgan fingerprint density at radius 3 is 2.95 bits per heavy atom. The van der Waals surface area contributed by atoms with Crippen molar-refractivity contribution in [1.82, 2.24) is 9.97 Å². The summed E-state index contributed by atoms with van der Waals surface area (Å²) in [7, 11) is 3.11. The number of anilines is 1. The molecule has 0 fully saturated rings. The first-order chi connectivity index (χ1) is 9.70. The van der Waals surface area contributed by atoms with Crippen molar-refractivity contribution in [2.75, 3.05) is 25.6 Å². The maximum absolute atomic E-state index is 11.4. The fourth-order valence-corrected chi connectivity index (χ4v) is 2.12. The topological polar surface area (TPSA) is 68.5 Å². The van der Waals surface area contributed by atoms with Gasteiger partial charge in [-0.3, -0.25) is 4.79 Å². The largest absolute Gasteiger partial charge is 0.468 e. The standard InChI is InChI=1S/C14H13N3O3/c1-17(7-11(18)19-2)14-13-12(15-8-16-14)9-5-3-4-6-10(9)20-13/h3-6,8H,7H2,1-2H3. The number of furan rings is 1. The third-order valence-electron chi connectivity index (χ3n) is 3.09. The SMILES string of the molecule is COC(=O)CN(C)c1ncnc2c1oc1ccccc12. The molecule has 20 heavy (non-hydrogen) atoms. The predicted molar refractivity (Wildman–Crippen MR) is 74.6 cm³/mol. The van der Waals surface area contributed by atoms with E-state index in [0.717, 1.165) is 16.5 Å². The summed E-state index contributed by atoms with van der Waals surface area (Å²) in [4.78, 5) is 21.5. The summed E-state index contributed by atoms with van der Waals surface area (Å²) in [6, 6.07) is 7.65. The fourth-order valence-electron chi connectivity index (χ4n) is 2.12. The maximum Gasteiger partial charge on any atom is 0.325 e. The Hall–Kier alpha value is -2.63. The lowest BCUT2D eigenvalue weighted by atomic mass is 10.2. The van der Waals surface area contributed by atoms with Crippen LogP contribution in [0.25, 0.3) is 22.1 Å². The summed E-state index contributed by atoms with van der Waals surface area (Å²) in [5, 5.41) is 0.928. The van der Waals surface area contributed by atoms with Gasteiger partial charge in [-0.25, -0.2) is 9.97 Å². The number of hydrogen-bond acceptors (Lipinski definition) is 6. The molecule has 2 heterocycles. The van der Waals surface area contributed by atoms with E-state index in [1.54, 1.807) is 11.9 Å². The van der Waals surface area contributed by atoms with Crippen molar-refractivity contribution >= 4 is 33.9 Å². The number of aromatic nitrogens is 2. The molecule has 6 nitrogen and oxygen atoms in total. The van der Waals surface area contributed by atoms with Gasteiger partial charge in [-0.15, -0.1) is 0 Å². The lowest BCUT2D eigenvalue weighted by Crippen LogP contribution is -2.27. The number of hydrogen-bond donors (Lipinski definition) is 0. The quantitative estimate of drug-likeness (QED) is 0.678. The highest BCUT2D eigenvalue weighted by Crippen LogP contribution is 2.31. The number of fused-ring (bicyclic) bond motifs is 3. The van der Waals surface area contributed by atoms with Crippen molar-refractivity contribution in [3.8, 4) is 0 Å². The molecule has 6 heteroatoms. The Labute approximate surface area is 115 Å². The van der Waals surface area contributed by atoms with Crippen LogP contribution in [0.4, 0.5) is 5.82 Å². The number of benzene rings is 1. The summed E-state index contributed by atoms with van der Waals surface area (Å²) in [5.41, 5.74) is 2.05. The molecule has 0 aliphatic rings. The molecular formula is C14H13N3O3. The second-order valence-electron chi connectivity index (χ2n) is 4.41.